The first kappa shape index (κ1) is 25.6. The van der Waals surface area contributed by atoms with Gasteiger partial charge in [-0.1, -0.05) is 23.2 Å². The molecule has 0 saturated heterocycles. The van der Waals surface area contributed by atoms with Crippen LogP contribution >= 0.6 is 35.6 Å². The lowest BCUT2D eigenvalue weighted by Crippen LogP contribution is -2.22. The predicted molar refractivity (Wildman–Crippen MR) is 118 cm³/mol. The summed E-state index contributed by atoms with van der Waals surface area (Å²) in [4.78, 5) is 21.1. The Hall–Kier alpha value is -2.46. The van der Waals surface area contributed by atoms with E-state index in [-0.39, 0.29) is 35.5 Å². The van der Waals surface area contributed by atoms with E-state index in [0.717, 1.165) is 5.56 Å². The van der Waals surface area contributed by atoms with Crippen LogP contribution in [0.5, 0.6) is 11.5 Å². The molecule has 164 valence electrons. The van der Waals surface area contributed by atoms with Gasteiger partial charge in [0.1, 0.15) is 0 Å². The molecule has 12 heteroatoms. The number of methoxy groups -OCH3 is 1. The van der Waals surface area contributed by atoms with E-state index in [0.29, 0.717) is 36.1 Å². The summed E-state index contributed by atoms with van der Waals surface area (Å²) >= 11 is 12.2. The summed E-state index contributed by atoms with van der Waals surface area (Å²) in [6.07, 6.45) is 0. The largest absolute Gasteiger partial charge is 0.493 e. The van der Waals surface area contributed by atoms with Crippen molar-refractivity contribution in [3.8, 4) is 11.5 Å². The molecule has 0 aromatic heterocycles. The monoisotopic (exact) mass is 478 g/mol. The average molecular weight is 480 g/mol. The van der Waals surface area contributed by atoms with Crippen molar-refractivity contribution in [1.82, 2.24) is 5.32 Å². The van der Waals surface area contributed by atoms with Crippen LogP contribution in [0.15, 0.2) is 30.3 Å². The standard InChI is InChI=1S/C18H20Cl2N4O5.ClH/c1-28-16-7-11(6-14(20)18(16)29-10-17(21)25)9-22-4-5-23-15-3-2-12(24(26)27)8-13(15)19;/h2-3,6-8,22-23H,4-5,9-10H2,1H3,(H2,21,25);1H. The van der Waals surface area contributed by atoms with Gasteiger partial charge in [0.25, 0.3) is 11.6 Å². The van der Waals surface area contributed by atoms with Gasteiger partial charge in [-0.25, -0.2) is 0 Å². The van der Waals surface area contributed by atoms with Gasteiger partial charge < -0.3 is 25.8 Å². The van der Waals surface area contributed by atoms with E-state index < -0.39 is 10.8 Å². The molecule has 0 heterocycles. The van der Waals surface area contributed by atoms with Gasteiger partial charge in [-0.05, 0) is 23.8 Å². The van der Waals surface area contributed by atoms with Crippen LogP contribution in [0.2, 0.25) is 10.0 Å². The zero-order valence-electron chi connectivity index (χ0n) is 15.9. The van der Waals surface area contributed by atoms with Crippen molar-refractivity contribution < 1.29 is 19.2 Å². The number of benzene rings is 2. The molecular weight excluding hydrogens is 459 g/mol. The molecular formula is C18H21Cl3N4O5. The van der Waals surface area contributed by atoms with Gasteiger partial charge >= 0.3 is 0 Å². The molecule has 0 aliphatic carbocycles. The lowest BCUT2D eigenvalue weighted by molar-refractivity contribution is -0.384. The van der Waals surface area contributed by atoms with Crippen LogP contribution in [0.25, 0.3) is 0 Å². The number of amides is 1. The first-order chi connectivity index (χ1) is 13.8. The molecule has 2 aromatic rings. The van der Waals surface area contributed by atoms with Crippen molar-refractivity contribution in [2.75, 3.05) is 32.1 Å². The molecule has 30 heavy (non-hydrogen) atoms. The summed E-state index contributed by atoms with van der Waals surface area (Å²) in [6, 6.07) is 7.70. The maximum absolute atomic E-state index is 10.9. The fraction of sp³-hybridized carbons (Fsp3) is 0.278. The molecule has 0 spiro atoms. The summed E-state index contributed by atoms with van der Waals surface area (Å²) in [7, 11) is 1.47. The van der Waals surface area contributed by atoms with Crippen molar-refractivity contribution in [3.63, 3.8) is 0 Å². The maximum atomic E-state index is 10.9. The van der Waals surface area contributed by atoms with Gasteiger partial charge in [-0.15, -0.1) is 12.4 Å². The van der Waals surface area contributed by atoms with E-state index in [1.165, 1.54) is 19.2 Å². The SMILES string of the molecule is COc1cc(CNCCNc2ccc([N+](=O)[O-])cc2Cl)cc(Cl)c1OCC(N)=O.Cl. The third-order valence-electron chi connectivity index (χ3n) is 3.76. The number of nitrogens with zero attached hydrogens (tertiary/aromatic N) is 1. The van der Waals surface area contributed by atoms with Crippen molar-refractivity contribution in [3.05, 3.63) is 56.1 Å². The summed E-state index contributed by atoms with van der Waals surface area (Å²) in [5, 5.41) is 17.6. The van der Waals surface area contributed by atoms with Crippen LogP contribution in [0.4, 0.5) is 11.4 Å². The van der Waals surface area contributed by atoms with E-state index in [1.54, 1.807) is 18.2 Å². The zero-order chi connectivity index (χ0) is 21.4. The van der Waals surface area contributed by atoms with Crippen LogP contribution in [0.1, 0.15) is 5.56 Å². The number of carbonyl (C=O) groups is 1. The van der Waals surface area contributed by atoms with Crippen LogP contribution < -0.4 is 25.8 Å². The molecule has 0 unspecified atom stereocenters. The molecule has 0 atom stereocenters. The van der Waals surface area contributed by atoms with Gasteiger partial charge in [0.05, 0.1) is 27.8 Å². The molecule has 0 fully saturated rings. The van der Waals surface area contributed by atoms with Crippen molar-refractivity contribution >= 4 is 52.9 Å². The van der Waals surface area contributed by atoms with Gasteiger partial charge in [-0.2, -0.15) is 0 Å². The summed E-state index contributed by atoms with van der Waals surface area (Å²) < 4.78 is 10.5. The molecule has 0 saturated carbocycles. The van der Waals surface area contributed by atoms with Crippen molar-refractivity contribution in [2.24, 2.45) is 5.73 Å². The number of ether oxygens (including phenoxy) is 2. The molecule has 0 aliphatic rings. The number of hydrogen-bond donors (Lipinski definition) is 3. The van der Waals surface area contributed by atoms with Crippen molar-refractivity contribution in [1.29, 1.82) is 0 Å². The number of carbonyl (C=O) groups excluding carboxylic acids is 1. The molecule has 2 aromatic carbocycles. The fourth-order valence-electron chi connectivity index (χ4n) is 2.44. The normalized spacial score (nSPS) is 10.1. The third-order valence-corrected chi connectivity index (χ3v) is 4.35. The molecule has 0 aliphatic heterocycles. The summed E-state index contributed by atoms with van der Waals surface area (Å²) in [5.74, 6) is 0.0343. The van der Waals surface area contributed by atoms with Gasteiger partial charge in [0.2, 0.25) is 0 Å². The topological polar surface area (TPSA) is 129 Å². The smallest absolute Gasteiger partial charge is 0.271 e. The quantitative estimate of drug-likeness (QED) is 0.256. The van der Waals surface area contributed by atoms with Crippen molar-refractivity contribution in [2.45, 2.75) is 6.54 Å². The van der Waals surface area contributed by atoms with Crippen LogP contribution in [0.3, 0.4) is 0 Å². The second-order valence-corrected chi connectivity index (χ2v) is 6.70. The number of nitrogens with two attached hydrogens (primary N) is 1. The highest BCUT2D eigenvalue weighted by Crippen LogP contribution is 2.36. The molecule has 4 N–H and O–H groups in total. The second-order valence-electron chi connectivity index (χ2n) is 5.89. The first-order valence-electron chi connectivity index (χ1n) is 8.48. The Labute approximate surface area is 189 Å². The van der Waals surface area contributed by atoms with Gasteiger partial charge in [0.15, 0.2) is 18.1 Å². The minimum Gasteiger partial charge on any atom is -0.493 e. The zero-order valence-corrected chi connectivity index (χ0v) is 18.3. The summed E-state index contributed by atoms with van der Waals surface area (Å²) in [5.41, 5.74) is 6.48. The summed E-state index contributed by atoms with van der Waals surface area (Å²) in [6.45, 7) is 1.34. The predicted octanol–water partition coefficient (Wildman–Crippen LogP) is 3.40. The Kier molecular flexibility index (Phi) is 10.5. The number of non-ortho nitro benzene ring substituents is 1. The Bertz CT molecular complexity index is 898. The number of primary amides is 1. The Morgan fingerprint density at radius 1 is 1.20 bits per heavy atom. The number of nitro benzene ring substituents is 1. The first-order valence-corrected chi connectivity index (χ1v) is 9.23. The van der Waals surface area contributed by atoms with Gasteiger partial charge in [-0.3, -0.25) is 14.9 Å². The second kappa shape index (κ2) is 12.3. The Morgan fingerprint density at radius 2 is 1.93 bits per heavy atom. The Morgan fingerprint density at radius 3 is 2.53 bits per heavy atom. The lowest BCUT2D eigenvalue weighted by atomic mass is 10.2. The average Bonchev–Trinajstić information content (AvgIpc) is 2.67. The molecule has 9 nitrogen and oxygen atoms in total. The number of hydrogen-bond acceptors (Lipinski definition) is 7. The lowest BCUT2D eigenvalue weighted by Gasteiger charge is -2.14. The molecule has 0 bridgehead atoms. The van der Waals surface area contributed by atoms with E-state index >= 15 is 0 Å². The van der Waals surface area contributed by atoms with Gasteiger partial charge in [0, 0.05) is 31.8 Å². The molecule has 2 rings (SSSR count). The minimum atomic E-state index is -0.616. The van der Waals surface area contributed by atoms with E-state index in [2.05, 4.69) is 10.6 Å². The highest BCUT2D eigenvalue weighted by atomic mass is 35.5. The van der Waals surface area contributed by atoms with Crippen LogP contribution in [0, 0.1) is 10.1 Å². The number of halogens is 3. The number of anilines is 1. The van der Waals surface area contributed by atoms with Crippen LogP contribution in [-0.2, 0) is 11.3 Å². The molecule has 0 radical (unpaired) electrons. The minimum absolute atomic E-state index is 0. The van der Waals surface area contributed by atoms with E-state index in [9.17, 15) is 14.9 Å². The third kappa shape index (κ3) is 7.42. The number of nitrogens with one attached hydrogen (secondary N) is 2. The highest BCUT2D eigenvalue weighted by Gasteiger charge is 2.13. The van der Waals surface area contributed by atoms with E-state index in [4.69, 9.17) is 38.4 Å². The molecule has 1 amide bonds. The number of rotatable bonds is 11. The fourth-order valence-corrected chi connectivity index (χ4v) is 2.97. The van der Waals surface area contributed by atoms with E-state index in [1.807, 2.05) is 0 Å². The number of nitro groups is 1. The maximum Gasteiger partial charge on any atom is 0.271 e. The van der Waals surface area contributed by atoms with Crippen LogP contribution in [-0.4, -0.2) is 37.6 Å². The highest BCUT2D eigenvalue weighted by molar-refractivity contribution is 6.33. The Balaban J connectivity index is 0.00000450.